The zero-order chi connectivity index (χ0) is 13.8. The number of benzene rings is 1. The summed E-state index contributed by atoms with van der Waals surface area (Å²) < 4.78 is 12.7. The van der Waals surface area contributed by atoms with Crippen LogP contribution in [0.15, 0.2) is 30.6 Å². The maximum absolute atomic E-state index is 12.7. The van der Waals surface area contributed by atoms with E-state index in [2.05, 4.69) is 15.3 Å². The van der Waals surface area contributed by atoms with E-state index in [4.69, 9.17) is 11.6 Å². The lowest BCUT2D eigenvalue weighted by Gasteiger charge is -2.06. The van der Waals surface area contributed by atoms with Gasteiger partial charge in [0.2, 0.25) is 11.0 Å². The van der Waals surface area contributed by atoms with E-state index < -0.39 is 4.92 Å². The standard InChI is InChI=1S/C11H8ClFN4O2/c12-10-9(17(18)19)11(16-6-15-10)14-5-7-1-3-8(13)4-2-7/h1-4,6H,5H2,(H,14,15,16). The molecule has 0 bridgehead atoms. The summed E-state index contributed by atoms with van der Waals surface area (Å²) in [6.45, 7) is 0.258. The van der Waals surface area contributed by atoms with Crippen LogP contribution >= 0.6 is 11.6 Å². The van der Waals surface area contributed by atoms with Crippen LogP contribution in [0.5, 0.6) is 0 Å². The van der Waals surface area contributed by atoms with Gasteiger partial charge in [-0.05, 0) is 17.7 Å². The highest BCUT2D eigenvalue weighted by atomic mass is 35.5. The van der Waals surface area contributed by atoms with Gasteiger partial charge in [-0.1, -0.05) is 23.7 Å². The normalized spacial score (nSPS) is 10.2. The average Bonchev–Trinajstić information content (AvgIpc) is 2.37. The maximum atomic E-state index is 12.7. The zero-order valence-corrected chi connectivity index (χ0v) is 10.3. The lowest BCUT2D eigenvalue weighted by molar-refractivity contribution is -0.384. The second-order valence-corrected chi connectivity index (χ2v) is 3.96. The summed E-state index contributed by atoms with van der Waals surface area (Å²) in [7, 11) is 0. The van der Waals surface area contributed by atoms with Crippen LogP contribution < -0.4 is 5.32 Å². The lowest BCUT2D eigenvalue weighted by atomic mass is 10.2. The zero-order valence-electron chi connectivity index (χ0n) is 9.51. The number of hydrogen-bond donors (Lipinski definition) is 1. The third-order valence-electron chi connectivity index (χ3n) is 2.33. The van der Waals surface area contributed by atoms with Gasteiger partial charge in [-0.25, -0.2) is 14.4 Å². The molecule has 0 radical (unpaired) electrons. The van der Waals surface area contributed by atoms with Crippen molar-refractivity contribution >= 4 is 23.1 Å². The van der Waals surface area contributed by atoms with Gasteiger partial charge in [0, 0.05) is 6.54 Å². The van der Waals surface area contributed by atoms with Crippen LogP contribution in [0.4, 0.5) is 15.9 Å². The van der Waals surface area contributed by atoms with Crippen LogP contribution in [0.25, 0.3) is 0 Å². The monoisotopic (exact) mass is 282 g/mol. The molecule has 1 aromatic heterocycles. The first-order valence-corrected chi connectivity index (χ1v) is 5.59. The second kappa shape index (κ2) is 5.57. The predicted molar refractivity (Wildman–Crippen MR) is 67.4 cm³/mol. The molecule has 98 valence electrons. The maximum Gasteiger partial charge on any atom is 0.348 e. The fraction of sp³-hybridized carbons (Fsp3) is 0.0909. The van der Waals surface area contributed by atoms with E-state index >= 15 is 0 Å². The van der Waals surface area contributed by atoms with E-state index in [1.165, 1.54) is 12.1 Å². The summed E-state index contributed by atoms with van der Waals surface area (Å²) in [6.07, 6.45) is 1.13. The van der Waals surface area contributed by atoms with Crippen molar-refractivity contribution in [2.45, 2.75) is 6.54 Å². The van der Waals surface area contributed by atoms with E-state index in [-0.39, 0.29) is 29.0 Å². The van der Waals surface area contributed by atoms with Gasteiger partial charge in [-0.2, -0.15) is 0 Å². The first-order chi connectivity index (χ1) is 9.08. The Morgan fingerprint density at radius 2 is 2.00 bits per heavy atom. The summed E-state index contributed by atoms with van der Waals surface area (Å²) in [5.74, 6) is -0.325. The Kier molecular flexibility index (Phi) is 3.86. The fourth-order valence-corrected chi connectivity index (χ4v) is 1.64. The Balaban J connectivity index is 2.18. The molecule has 19 heavy (non-hydrogen) atoms. The first-order valence-electron chi connectivity index (χ1n) is 5.21. The molecule has 0 aliphatic carbocycles. The van der Waals surface area contributed by atoms with E-state index in [0.717, 1.165) is 11.9 Å². The van der Waals surface area contributed by atoms with E-state index in [9.17, 15) is 14.5 Å². The van der Waals surface area contributed by atoms with Gasteiger partial charge in [0.05, 0.1) is 4.92 Å². The van der Waals surface area contributed by atoms with Crippen LogP contribution in [-0.2, 0) is 6.54 Å². The molecule has 0 unspecified atom stereocenters. The van der Waals surface area contributed by atoms with Gasteiger partial charge in [0.25, 0.3) is 0 Å². The smallest absolute Gasteiger partial charge is 0.348 e. The highest BCUT2D eigenvalue weighted by Crippen LogP contribution is 2.28. The number of halogens is 2. The number of nitrogens with one attached hydrogen (secondary N) is 1. The van der Waals surface area contributed by atoms with Gasteiger partial charge < -0.3 is 5.32 Å². The SMILES string of the molecule is O=[N+]([O-])c1c(Cl)ncnc1NCc1ccc(F)cc1. The van der Waals surface area contributed by atoms with Gasteiger partial charge >= 0.3 is 5.69 Å². The molecular weight excluding hydrogens is 275 g/mol. The first kappa shape index (κ1) is 13.2. The number of aromatic nitrogens is 2. The van der Waals surface area contributed by atoms with Gasteiger partial charge in [-0.15, -0.1) is 0 Å². The van der Waals surface area contributed by atoms with Crippen molar-refractivity contribution in [2.24, 2.45) is 0 Å². The highest BCUT2D eigenvalue weighted by Gasteiger charge is 2.21. The number of nitrogens with zero attached hydrogens (tertiary/aromatic N) is 3. The van der Waals surface area contributed by atoms with Crippen molar-refractivity contribution in [2.75, 3.05) is 5.32 Å². The van der Waals surface area contributed by atoms with Crippen LogP contribution in [0.2, 0.25) is 5.15 Å². The predicted octanol–water partition coefficient (Wildman–Crippen LogP) is 2.79. The summed E-state index contributed by atoms with van der Waals surface area (Å²) in [6, 6.07) is 5.74. The molecule has 8 heteroatoms. The molecule has 1 N–H and O–H groups in total. The van der Waals surface area contributed by atoms with Crippen LogP contribution in [0.3, 0.4) is 0 Å². The van der Waals surface area contributed by atoms with Gasteiger partial charge in [-0.3, -0.25) is 10.1 Å². The molecule has 0 fully saturated rings. The van der Waals surface area contributed by atoms with E-state index in [0.29, 0.717) is 0 Å². The van der Waals surface area contributed by atoms with Crippen molar-refractivity contribution in [3.05, 3.63) is 57.2 Å². The van der Waals surface area contributed by atoms with Crippen molar-refractivity contribution in [1.82, 2.24) is 9.97 Å². The molecule has 0 saturated heterocycles. The molecule has 2 rings (SSSR count). The Labute approximate surface area is 112 Å². The molecule has 6 nitrogen and oxygen atoms in total. The summed E-state index contributed by atoms with van der Waals surface area (Å²) in [5, 5.41) is 13.4. The van der Waals surface area contributed by atoms with Gasteiger partial charge in [0.15, 0.2) is 0 Å². The lowest BCUT2D eigenvalue weighted by Crippen LogP contribution is -2.05. The van der Waals surface area contributed by atoms with Crippen LogP contribution in [0, 0.1) is 15.9 Å². The van der Waals surface area contributed by atoms with Crippen molar-refractivity contribution in [1.29, 1.82) is 0 Å². The number of rotatable bonds is 4. The Morgan fingerprint density at radius 1 is 1.32 bits per heavy atom. The average molecular weight is 283 g/mol. The molecular formula is C11H8ClFN4O2. The summed E-state index contributed by atoms with van der Waals surface area (Å²) in [5.41, 5.74) is 0.372. The summed E-state index contributed by atoms with van der Waals surface area (Å²) >= 11 is 5.64. The molecule has 0 atom stereocenters. The topological polar surface area (TPSA) is 81.0 Å². The van der Waals surface area contributed by atoms with Crippen molar-refractivity contribution in [3.63, 3.8) is 0 Å². The van der Waals surface area contributed by atoms with Gasteiger partial charge in [0.1, 0.15) is 12.1 Å². The Morgan fingerprint density at radius 3 is 2.63 bits per heavy atom. The quantitative estimate of drug-likeness (QED) is 0.530. The fourth-order valence-electron chi connectivity index (χ4n) is 1.44. The molecule has 2 aromatic rings. The van der Waals surface area contributed by atoms with Crippen LogP contribution in [-0.4, -0.2) is 14.9 Å². The number of anilines is 1. The molecule has 1 aromatic carbocycles. The van der Waals surface area contributed by atoms with Crippen molar-refractivity contribution < 1.29 is 9.31 Å². The Hall–Kier alpha value is -2.28. The highest BCUT2D eigenvalue weighted by molar-refractivity contribution is 6.31. The van der Waals surface area contributed by atoms with E-state index in [1.807, 2.05) is 0 Å². The number of hydrogen-bond acceptors (Lipinski definition) is 5. The minimum Gasteiger partial charge on any atom is -0.360 e. The minimum absolute atomic E-state index is 0.0225. The largest absolute Gasteiger partial charge is 0.360 e. The summed E-state index contributed by atoms with van der Waals surface area (Å²) in [4.78, 5) is 17.5. The van der Waals surface area contributed by atoms with Crippen LogP contribution in [0.1, 0.15) is 5.56 Å². The Bertz CT molecular complexity index is 606. The number of nitro groups is 1. The molecule has 0 aliphatic heterocycles. The minimum atomic E-state index is -0.657. The molecule has 1 heterocycles. The third-order valence-corrected chi connectivity index (χ3v) is 2.61. The molecule has 0 aliphatic rings. The second-order valence-electron chi connectivity index (χ2n) is 3.60. The van der Waals surface area contributed by atoms with E-state index in [1.54, 1.807) is 12.1 Å². The molecule has 0 saturated carbocycles. The third kappa shape index (κ3) is 3.14. The molecule has 0 amide bonds. The molecule has 0 spiro atoms. The van der Waals surface area contributed by atoms with Crippen molar-refractivity contribution in [3.8, 4) is 0 Å².